The van der Waals surface area contributed by atoms with Gasteiger partial charge in [0.05, 0.1) is 17.2 Å². The highest BCUT2D eigenvalue weighted by molar-refractivity contribution is 7.15. The Hall–Kier alpha value is -1.39. The van der Waals surface area contributed by atoms with Gasteiger partial charge in [0.25, 0.3) is 0 Å². The Morgan fingerprint density at radius 2 is 1.93 bits per heavy atom. The number of thiazole rings is 1. The summed E-state index contributed by atoms with van der Waals surface area (Å²) in [6.07, 6.45) is 0. The van der Waals surface area contributed by atoms with Gasteiger partial charge in [-0.1, -0.05) is 0 Å². The molecule has 0 aliphatic rings. The van der Waals surface area contributed by atoms with Crippen molar-refractivity contribution in [1.29, 1.82) is 0 Å². The average molecular weight is 221 g/mol. The van der Waals surface area contributed by atoms with Crippen LogP contribution in [-0.4, -0.2) is 15.2 Å². The number of nitrogens with zero attached hydrogens (tertiary/aromatic N) is 1. The topological polar surface area (TPSA) is 53.4 Å². The number of aryl methyl sites for hydroxylation is 1. The Morgan fingerprint density at radius 3 is 2.47 bits per heavy atom. The Kier molecular flexibility index (Phi) is 2.70. The predicted octanol–water partition coefficient (Wildman–Crippen LogP) is 2.32. The lowest BCUT2D eigenvalue weighted by atomic mass is 10.2. The molecule has 2 N–H and O–H groups in total. The maximum absolute atomic E-state index is 9.15. The molecule has 78 valence electrons. The SMILES string of the molecule is Cc1nc(-c2ccc(O)cc2)sc1CO. The van der Waals surface area contributed by atoms with E-state index < -0.39 is 0 Å². The van der Waals surface area contributed by atoms with Crippen molar-refractivity contribution in [3.63, 3.8) is 0 Å². The molecule has 1 aromatic carbocycles. The molecule has 2 rings (SSSR count). The Morgan fingerprint density at radius 1 is 1.27 bits per heavy atom. The molecule has 0 atom stereocenters. The van der Waals surface area contributed by atoms with E-state index in [2.05, 4.69) is 4.98 Å². The summed E-state index contributed by atoms with van der Waals surface area (Å²) >= 11 is 1.48. The normalized spacial score (nSPS) is 10.5. The van der Waals surface area contributed by atoms with Crippen molar-refractivity contribution < 1.29 is 10.2 Å². The lowest BCUT2D eigenvalue weighted by molar-refractivity contribution is 0.284. The number of aliphatic hydroxyl groups is 1. The van der Waals surface area contributed by atoms with E-state index in [-0.39, 0.29) is 12.4 Å². The van der Waals surface area contributed by atoms with Crippen LogP contribution >= 0.6 is 11.3 Å². The monoisotopic (exact) mass is 221 g/mol. The van der Waals surface area contributed by atoms with Crippen LogP contribution in [0.5, 0.6) is 5.75 Å². The van der Waals surface area contributed by atoms with E-state index in [1.54, 1.807) is 12.1 Å². The summed E-state index contributed by atoms with van der Waals surface area (Å²) in [4.78, 5) is 5.25. The smallest absolute Gasteiger partial charge is 0.123 e. The number of hydrogen-bond donors (Lipinski definition) is 2. The number of aromatic hydroxyl groups is 1. The van der Waals surface area contributed by atoms with E-state index in [1.165, 1.54) is 11.3 Å². The quantitative estimate of drug-likeness (QED) is 0.818. The van der Waals surface area contributed by atoms with E-state index in [0.29, 0.717) is 0 Å². The third-order valence-corrected chi connectivity index (χ3v) is 3.34. The summed E-state index contributed by atoms with van der Waals surface area (Å²) < 4.78 is 0. The largest absolute Gasteiger partial charge is 0.508 e. The Labute approximate surface area is 91.7 Å². The van der Waals surface area contributed by atoms with Crippen molar-refractivity contribution in [3.8, 4) is 16.3 Å². The first-order chi connectivity index (χ1) is 7.20. The molecule has 0 radical (unpaired) electrons. The van der Waals surface area contributed by atoms with Gasteiger partial charge in [0, 0.05) is 5.56 Å². The molecule has 0 spiro atoms. The fraction of sp³-hybridized carbons (Fsp3) is 0.182. The number of hydrogen-bond acceptors (Lipinski definition) is 4. The maximum atomic E-state index is 9.15. The van der Waals surface area contributed by atoms with Gasteiger partial charge in [0.15, 0.2) is 0 Å². The van der Waals surface area contributed by atoms with Gasteiger partial charge in [0.1, 0.15) is 10.8 Å². The third kappa shape index (κ3) is 2.00. The molecule has 0 fully saturated rings. The number of phenolic OH excluding ortho intramolecular Hbond substituents is 1. The van der Waals surface area contributed by atoms with E-state index >= 15 is 0 Å². The minimum Gasteiger partial charge on any atom is -0.508 e. The molecule has 0 aliphatic carbocycles. The molecule has 0 saturated carbocycles. The molecule has 0 aliphatic heterocycles. The van der Waals surface area contributed by atoms with Crippen LogP contribution in [-0.2, 0) is 6.61 Å². The number of aliphatic hydroxyl groups excluding tert-OH is 1. The van der Waals surface area contributed by atoms with Gasteiger partial charge in [0.2, 0.25) is 0 Å². The van der Waals surface area contributed by atoms with Gasteiger partial charge in [-0.3, -0.25) is 0 Å². The molecule has 15 heavy (non-hydrogen) atoms. The summed E-state index contributed by atoms with van der Waals surface area (Å²) in [5.41, 5.74) is 1.83. The molecule has 0 amide bonds. The molecule has 3 nitrogen and oxygen atoms in total. The van der Waals surface area contributed by atoms with Crippen LogP contribution in [0.25, 0.3) is 10.6 Å². The van der Waals surface area contributed by atoms with E-state index in [9.17, 15) is 0 Å². The zero-order valence-electron chi connectivity index (χ0n) is 8.27. The van der Waals surface area contributed by atoms with Gasteiger partial charge < -0.3 is 10.2 Å². The van der Waals surface area contributed by atoms with Crippen LogP contribution < -0.4 is 0 Å². The van der Waals surface area contributed by atoms with Crippen molar-refractivity contribution in [2.75, 3.05) is 0 Å². The highest BCUT2D eigenvalue weighted by Gasteiger charge is 2.08. The molecule has 0 unspecified atom stereocenters. The lowest BCUT2D eigenvalue weighted by Gasteiger charge is -1.95. The summed E-state index contributed by atoms with van der Waals surface area (Å²) in [6.45, 7) is 1.91. The fourth-order valence-corrected chi connectivity index (χ4v) is 2.23. The summed E-state index contributed by atoms with van der Waals surface area (Å²) in [5.74, 6) is 0.245. The molecule has 4 heteroatoms. The summed E-state index contributed by atoms with van der Waals surface area (Å²) in [5, 5.41) is 19.1. The van der Waals surface area contributed by atoms with Crippen LogP contribution in [0.2, 0.25) is 0 Å². The zero-order valence-corrected chi connectivity index (χ0v) is 9.08. The second kappa shape index (κ2) is 4.00. The number of benzene rings is 1. The standard InChI is InChI=1S/C11H11NO2S/c1-7-10(6-13)15-11(12-7)8-2-4-9(14)5-3-8/h2-5,13-14H,6H2,1H3. The maximum Gasteiger partial charge on any atom is 0.123 e. The van der Waals surface area contributed by atoms with E-state index in [0.717, 1.165) is 21.1 Å². The van der Waals surface area contributed by atoms with Crippen molar-refractivity contribution in [3.05, 3.63) is 34.8 Å². The summed E-state index contributed by atoms with van der Waals surface area (Å²) in [6, 6.07) is 6.89. The number of phenols is 1. The molecular weight excluding hydrogens is 210 g/mol. The van der Waals surface area contributed by atoms with Crippen molar-refractivity contribution in [2.45, 2.75) is 13.5 Å². The van der Waals surface area contributed by atoms with Crippen LogP contribution in [0.4, 0.5) is 0 Å². The number of aromatic nitrogens is 1. The van der Waals surface area contributed by atoms with Gasteiger partial charge in [-0.25, -0.2) is 4.98 Å². The second-order valence-electron chi connectivity index (χ2n) is 3.23. The van der Waals surface area contributed by atoms with Crippen LogP contribution in [0.1, 0.15) is 10.6 Å². The molecule has 1 aromatic heterocycles. The Balaban J connectivity index is 2.41. The molecule has 0 saturated heterocycles. The lowest BCUT2D eigenvalue weighted by Crippen LogP contribution is -1.80. The minimum atomic E-state index is 0.0293. The van der Waals surface area contributed by atoms with Crippen LogP contribution in [0.15, 0.2) is 24.3 Å². The average Bonchev–Trinajstić information content (AvgIpc) is 2.61. The van der Waals surface area contributed by atoms with Crippen molar-refractivity contribution in [2.24, 2.45) is 0 Å². The molecule has 2 aromatic rings. The highest BCUT2D eigenvalue weighted by atomic mass is 32.1. The molecule has 1 heterocycles. The van der Waals surface area contributed by atoms with Crippen LogP contribution in [0, 0.1) is 6.92 Å². The number of rotatable bonds is 2. The van der Waals surface area contributed by atoms with Gasteiger partial charge in [-0.2, -0.15) is 0 Å². The van der Waals surface area contributed by atoms with Crippen molar-refractivity contribution >= 4 is 11.3 Å². The molecular formula is C11H11NO2S. The van der Waals surface area contributed by atoms with Crippen LogP contribution in [0.3, 0.4) is 0 Å². The summed E-state index contributed by atoms with van der Waals surface area (Å²) in [7, 11) is 0. The van der Waals surface area contributed by atoms with E-state index in [1.807, 2.05) is 19.1 Å². The van der Waals surface area contributed by atoms with Crippen molar-refractivity contribution in [1.82, 2.24) is 4.98 Å². The zero-order chi connectivity index (χ0) is 10.8. The Bertz CT molecular complexity index is 462. The fourth-order valence-electron chi connectivity index (χ4n) is 1.30. The van der Waals surface area contributed by atoms with Gasteiger partial charge in [-0.15, -0.1) is 11.3 Å². The third-order valence-electron chi connectivity index (χ3n) is 2.15. The second-order valence-corrected chi connectivity index (χ2v) is 4.32. The predicted molar refractivity (Wildman–Crippen MR) is 59.9 cm³/mol. The molecule has 0 bridgehead atoms. The van der Waals surface area contributed by atoms with E-state index in [4.69, 9.17) is 10.2 Å². The van der Waals surface area contributed by atoms with Gasteiger partial charge in [-0.05, 0) is 31.2 Å². The minimum absolute atomic E-state index is 0.0293. The highest BCUT2D eigenvalue weighted by Crippen LogP contribution is 2.28. The first kappa shape index (κ1) is 10.1. The first-order valence-corrected chi connectivity index (χ1v) is 5.39. The van der Waals surface area contributed by atoms with Gasteiger partial charge >= 0.3 is 0 Å². The first-order valence-electron chi connectivity index (χ1n) is 4.57.